The van der Waals surface area contributed by atoms with Crippen molar-refractivity contribution in [3.8, 4) is 5.75 Å². The Hall–Kier alpha value is -2.54. The highest BCUT2D eigenvalue weighted by molar-refractivity contribution is 5.63. The van der Waals surface area contributed by atoms with Crippen LogP contribution in [-0.4, -0.2) is 0 Å². The van der Waals surface area contributed by atoms with Gasteiger partial charge in [0, 0.05) is 17.1 Å². The number of para-hydroxylation sites is 1. The number of hydrogen-bond donors (Lipinski definition) is 0. The largest absolute Gasteiger partial charge is 0.456 e. The molecular formula is C49H81O. The topological polar surface area (TPSA) is 9.23 Å². The molecule has 283 valence electrons. The second-order valence-corrected chi connectivity index (χ2v) is 14.5. The second kappa shape index (κ2) is 29.1. The van der Waals surface area contributed by atoms with E-state index < -0.39 is 0 Å². The molecule has 3 aliphatic rings. The Morgan fingerprint density at radius 2 is 1.18 bits per heavy atom. The summed E-state index contributed by atoms with van der Waals surface area (Å²) in [4.78, 5) is 0. The molecule has 1 aromatic rings. The van der Waals surface area contributed by atoms with Gasteiger partial charge in [-0.2, -0.15) is 0 Å². The van der Waals surface area contributed by atoms with Crippen LogP contribution in [0.2, 0.25) is 0 Å². The fourth-order valence-electron chi connectivity index (χ4n) is 6.49. The van der Waals surface area contributed by atoms with Gasteiger partial charge in [-0.15, -0.1) is 0 Å². The molecule has 0 aromatic heterocycles. The fourth-order valence-corrected chi connectivity index (χ4v) is 6.49. The molecule has 0 saturated heterocycles. The van der Waals surface area contributed by atoms with Crippen LogP contribution in [0, 0.1) is 23.7 Å². The van der Waals surface area contributed by atoms with E-state index in [0.29, 0.717) is 17.8 Å². The highest BCUT2D eigenvalue weighted by Crippen LogP contribution is 2.44. The third kappa shape index (κ3) is 17.6. The van der Waals surface area contributed by atoms with Crippen LogP contribution in [0.5, 0.6) is 5.75 Å². The minimum absolute atomic E-state index is 0.415. The number of benzene rings is 1. The minimum atomic E-state index is 0.415. The van der Waals surface area contributed by atoms with Gasteiger partial charge in [-0.1, -0.05) is 213 Å². The summed E-state index contributed by atoms with van der Waals surface area (Å²) in [5.74, 6) is 4.72. The van der Waals surface area contributed by atoms with Crippen LogP contribution in [0.25, 0.3) is 0 Å². The van der Waals surface area contributed by atoms with Crippen molar-refractivity contribution in [2.45, 2.75) is 179 Å². The van der Waals surface area contributed by atoms with Crippen LogP contribution in [0.4, 0.5) is 0 Å². The smallest absolute Gasteiger partial charge is 0.138 e. The molecule has 0 aliphatic heterocycles. The molecule has 0 spiro atoms. The lowest BCUT2D eigenvalue weighted by Gasteiger charge is -2.32. The maximum absolute atomic E-state index is 6.81. The summed E-state index contributed by atoms with van der Waals surface area (Å²) in [6.45, 7) is 35.1. The highest BCUT2D eigenvalue weighted by atomic mass is 16.5. The van der Waals surface area contributed by atoms with Crippen LogP contribution in [-0.2, 0) is 0 Å². The normalized spacial score (nSPS) is 21.9. The summed E-state index contributed by atoms with van der Waals surface area (Å²) in [6, 6.07) is 10.2. The average Bonchev–Trinajstić information content (AvgIpc) is 3.53. The molecule has 2 saturated carbocycles. The number of hydrogen-bond acceptors (Lipinski definition) is 1. The Balaban J connectivity index is 0.00000116. The van der Waals surface area contributed by atoms with Gasteiger partial charge in [0.2, 0.25) is 0 Å². The van der Waals surface area contributed by atoms with Gasteiger partial charge in [-0.25, -0.2) is 0 Å². The zero-order valence-electron chi connectivity index (χ0n) is 35.3. The van der Waals surface area contributed by atoms with E-state index in [0.717, 1.165) is 28.2 Å². The molecule has 3 atom stereocenters. The van der Waals surface area contributed by atoms with Gasteiger partial charge >= 0.3 is 0 Å². The predicted molar refractivity (Wildman–Crippen MR) is 228 cm³/mol. The minimum Gasteiger partial charge on any atom is -0.456 e. The van der Waals surface area contributed by atoms with Crippen molar-refractivity contribution in [1.29, 1.82) is 0 Å². The van der Waals surface area contributed by atoms with Crippen molar-refractivity contribution in [3.05, 3.63) is 107 Å². The first-order chi connectivity index (χ1) is 24.0. The van der Waals surface area contributed by atoms with Crippen LogP contribution in [0.15, 0.2) is 101 Å². The average molecular weight is 686 g/mol. The molecule has 50 heavy (non-hydrogen) atoms. The lowest BCUT2D eigenvalue weighted by molar-refractivity contribution is 0.290. The van der Waals surface area contributed by atoms with E-state index in [1.165, 1.54) is 119 Å². The van der Waals surface area contributed by atoms with E-state index in [-0.39, 0.29) is 0 Å². The van der Waals surface area contributed by atoms with Gasteiger partial charge in [0.1, 0.15) is 11.5 Å². The molecule has 1 nitrogen and oxygen atoms in total. The Kier molecular flexibility index (Phi) is 27.6. The molecule has 3 unspecified atom stereocenters. The van der Waals surface area contributed by atoms with Crippen molar-refractivity contribution in [2.24, 2.45) is 17.8 Å². The van der Waals surface area contributed by atoms with Crippen LogP contribution < -0.4 is 4.74 Å². The molecule has 3 aliphatic carbocycles. The van der Waals surface area contributed by atoms with Gasteiger partial charge < -0.3 is 4.74 Å². The first-order valence-electron chi connectivity index (χ1n) is 20.8. The number of unbranched alkanes of at least 4 members (excludes halogenated alkanes) is 2. The van der Waals surface area contributed by atoms with Crippen molar-refractivity contribution in [3.63, 3.8) is 0 Å². The summed E-state index contributed by atoms with van der Waals surface area (Å²) < 4.78 is 6.81. The maximum Gasteiger partial charge on any atom is 0.138 e. The van der Waals surface area contributed by atoms with E-state index in [2.05, 4.69) is 101 Å². The van der Waals surface area contributed by atoms with Crippen LogP contribution >= 0.6 is 0 Å². The third-order valence-electron chi connectivity index (χ3n) is 10.3. The Morgan fingerprint density at radius 3 is 1.62 bits per heavy atom. The second-order valence-electron chi connectivity index (χ2n) is 14.5. The van der Waals surface area contributed by atoms with E-state index in [1.54, 1.807) is 0 Å². The molecular weight excluding hydrogens is 605 g/mol. The van der Waals surface area contributed by atoms with Crippen molar-refractivity contribution in [2.75, 3.05) is 0 Å². The summed E-state index contributed by atoms with van der Waals surface area (Å²) in [7, 11) is 0. The van der Waals surface area contributed by atoms with Crippen LogP contribution in [0.3, 0.4) is 0 Å². The zero-order chi connectivity index (χ0) is 37.9. The lowest BCUT2D eigenvalue weighted by atomic mass is 9.74. The van der Waals surface area contributed by atoms with Gasteiger partial charge in [-0.05, 0) is 68.2 Å². The first kappa shape index (κ1) is 47.5. The van der Waals surface area contributed by atoms with E-state index in [4.69, 9.17) is 4.74 Å². The number of ether oxygens (including phenoxy) is 1. The van der Waals surface area contributed by atoms with E-state index in [9.17, 15) is 0 Å². The van der Waals surface area contributed by atoms with Gasteiger partial charge in [0.25, 0.3) is 0 Å². The van der Waals surface area contributed by atoms with Crippen molar-refractivity contribution >= 4 is 0 Å². The fraction of sp³-hybridized carbons (Fsp3) is 0.612. The predicted octanol–water partition coefficient (Wildman–Crippen LogP) is 16.7. The molecule has 0 bridgehead atoms. The van der Waals surface area contributed by atoms with Gasteiger partial charge in [0.15, 0.2) is 0 Å². The monoisotopic (exact) mass is 686 g/mol. The first-order valence-corrected chi connectivity index (χ1v) is 20.8. The molecule has 2 fully saturated rings. The zero-order valence-corrected chi connectivity index (χ0v) is 35.3. The maximum atomic E-state index is 6.81. The Bertz CT molecular complexity index is 1150. The van der Waals surface area contributed by atoms with Crippen molar-refractivity contribution < 1.29 is 4.74 Å². The molecule has 1 heteroatoms. The molecule has 0 heterocycles. The summed E-state index contributed by atoms with van der Waals surface area (Å²) >= 11 is 0. The molecule has 1 aromatic carbocycles. The highest BCUT2D eigenvalue weighted by Gasteiger charge is 2.33. The van der Waals surface area contributed by atoms with E-state index in [1.807, 2.05) is 44.2 Å². The summed E-state index contributed by atoms with van der Waals surface area (Å²) in [6.07, 6.45) is 27.3. The number of allylic oxidation sites excluding steroid dienone is 8. The lowest BCUT2D eigenvalue weighted by Crippen LogP contribution is -2.23. The molecule has 0 amide bonds. The number of rotatable bonds is 8. The SMILES string of the molecule is C1CCCCCC1.C=C(C)C(=C1/C=CC=C(C)[C]1C)/C(Oc1ccccc1)=C(\C(=C)C)C1CCCCC(C)C1C.CC.CCCC.CCCC. The van der Waals surface area contributed by atoms with E-state index >= 15 is 0 Å². The Morgan fingerprint density at radius 1 is 0.700 bits per heavy atom. The third-order valence-corrected chi connectivity index (χ3v) is 10.3. The van der Waals surface area contributed by atoms with Crippen LogP contribution in [0.1, 0.15) is 179 Å². The molecule has 0 N–H and O–H groups in total. The quantitative estimate of drug-likeness (QED) is 0.150. The molecule has 1 radical (unpaired) electrons. The Labute approximate surface area is 313 Å². The summed E-state index contributed by atoms with van der Waals surface area (Å²) in [5.41, 5.74) is 6.94. The van der Waals surface area contributed by atoms with Gasteiger partial charge in [-0.3, -0.25) is 0 Å². The molecule has 4 rings (SSSR count). The van der Waals surface area contributed by atoms with Gasteiger partial charge in [0.05, 0.1) is 0 Å². The standard InChI is InChI=1S/C32H41O.C7H14.2C4H10.C2H6/c1-21(2)30(28-19-13-12-15-23(5)25(28)7)32(33-27-17-10-9-11-18-27)31(22(3)4)29-20-14-16-24(6)26(29)8;1-2-4-6-7-5-3-1;2*1-3-4-2;1-2/h9-11,14,16-18,20,23,25,28H,1,3,12-13,15,19H2,2,4-8H3;1-7H2;2*3-4H2,1-2H3;1-2H3/b31-29+,32-30-;;;;. The van der Waals surface area contributed by atoms with Crippen molar-refractivity contribution in [1.82, 2.24) is 0 Å². The summed E-state index contributed by atoms with van der Waals surface area (Å²) in [5, 5.41) is 0.